The zero-order valence-corrected chi connectivity index (χ0v) is 14.4. The standard InChI is InChI=1S/C20H20ClN3/c1-13-2-4-16-10-14(3-7-18(16)24-13)12-23-20(15-5-6-15)17-8-9-22-19(21)11-17/h2-4,7-11,15,20,23H,5-6,12H2,1H3. The number of nitrogens with one attached hydrogen (secondary N) is 1. The fourth-order valence-corrected chi connectivity index (χ4v) is 3.39. The molecular formula is C20H20ClN3. The smallest absolute Gasteiger partial charge is 0.129 e. The fourth-order valence-electron chi connectivity index (χ4n) is 3.21. The minimum atomic E-state index is 0.345. The normalized spacial score (nSPS) is 15.6. The van der Waals surface area contributed by atoms with E-state index in [1.54, 1.807) is 6.20 Å². The minimum Gasteiger partial charge on any atom is -0.306 e. The predicted octanol–water partition coefficient (Wildman–Crippen LogP) is 4.83. The average molecular weight is 338 g/mol. The van der Waals surface area contributed by atoms with E-state index in [0.29, 0.717) is 17.1 Å². The van der Waals surface area contributed by atoms with Crippen LogP contribution in [0.1, 0.15) is 35.7 Å². The number of halogens is 1. The van der Waals surface area contributed by atoms with Gasteiger partial charge in [-0.25, -0.2) is 4.98 Å². The summed E-state index contributed by atoms with van der Waals surface area (Å²) in [7, 11) is 0. The van der Waals surface area contributed by atoms with Gasteiger partial charge in [0.25, 0.3) is 0 Å². The summed E-state index contributed by atoms with van der Waals surface area (Å²) in [4.78, 5) is 8.66. The van der Waals surface area contributed by atoms with Crippen molar-refractivity contribution in [2.75, 3.05) is 0 Å². The fraction of sp³-hybridized carbons (Fsp3) is 0.300. The first-order valence-electron chi connectivity index (χ1n) is 8.40. The second kappa shape index (κ2) is 6.50. The van der Waals surface area contributed by atoms with Crippen LogP contribution in [0.4, 0.5) is 0 Å². The molecule has 1 N–H and O–H groups in total. The van der Waals surface area contributed by atoms with Crippen molar-refractivity contribution in [1.29, 1.82) is 0 Å². The molecule has 0 saturated heterocycles. The SMILES string of the molecule is Cc1ccc2cc(CNC(c3ccnc(Cl)c3)C3CC3)ccc2n1. The topological polar surface area (TPSA) is 37.8 Å². The van der Waals surface area contributed by atoms with Gasteiger partial charge in [0, 0.05) is 29.9 Å². The van der Waals surface area contributed by atoms with Crippen LogP contribution in [-0.4, -0.2) is 9.97 Å². The van der Waals surface area contributed by atoms with Gasteiger partial charge in [-0.05, 0) is 67.1 Å². The van der Waals surface area contributed by atoms with E-state index < -0.39 is 0 Å². The second-order valence-electron chi connectivity index (χ2n) is 6.59. The number of fused-ring (bicyclic) bond motifs is 1. The molecule has 1 unspecified atom stereocenters. The highest BCUT2D eigenvalue weighted by Crippen LogP contribution is 2.41. The number of hydrogen-bond donors (Lipinski definition) is 1. The molecule has 1 fully saturated rings. The Morgan fingerprint density at radius 3 is 2.83 bits per heavy atom. The van der Waals surface area contributed by atoms with Gasteiger partial charge in [0.15, 0.2) is 0 Å². The summed E-state index contributed by atoms with van der Waals surface area (Å²) < 4.78 is 0. The summed E-state index contributed by atoms with van der Waals surface area (Å²) in [5.74, 6) is 0.702. The van der Waals surface area contributed by atoms with Gasteiger partial charge in [-0.2, -0.15) is 0 Å². The molecule has 3 nitrogen and oxygen atoms in total. The third kappa shape index (κ3) is 3.42. The molecule has 2 heterocycles. The molecule has 4 heteroatoms. The number of nitrogens with zero attached hydrogens (tertiary/aromatic N) is 2. The van der Waals surface area contributed by atoms with Gasteiger partial charge in [-0.1, -0.05) is 23.7 Å². The molecule has 1 aliphatic carbocycles. The number of aryl methyl sites for hydroxylation is 1. The van der Waals surface area contributed by atoms with Crippen LogP contribution in [0.15, 0.2) is 48.7 Å². The lowest BCUT2D eigenvalue weighted by atomic mass is 10.0. The van der Waals surface area contributed by atoms with Gasteiger partial charge in [0.05, 0.1) is 5.52 Å². The van der Waals surface area contributed by atoms with Crippen molar-refractivity contribution >= 4 is 22.5 Å². The number of rotatable bonds is 5. The van der Waals surface area contributed by atoms with E-state index in [9.17, 15) is 0 Å². The van der Waals surface area contributed by atoms with Crippen LogP contribution >= 0.6 is 11.6 Å². The molecule has 1 aromatic carbocycles. The highest BCUT2D eigenvalue weighted by atomic mass is 35.5. The van der Waals surface area contributed by atoms with E-state index in [-0.39, 0.29) is 0 Å². The highest BCUT2D eigenvalue weighted by Gasteiger charge is 2.32. The molecule has 4 rings (SSSR count). The van der Waals surface area contributed by atoms with Gasteiger partial charge in [0.2, 0.25) is 0 Å². The highest BCUT2D eigenvalue weighted by molar-refractivity contribution is 6.29. The van der Waals surface area contributed by atoms with Crippen molar-refractivity contribution in [3.05, 3.63) is 70.6 Å². The second-order valence-corrected chi connectivity index (χ2v) is 6.97. The van der Waals surface area contributed by atoms with Gasteiger partial charge in [-0.15, -0.1) is 0 Å². The summed E-state index contributed by atoms with van der Waals surface area (Å²) >= 11 is 6.06. The molecular weight excluding hydrogens is 318 g/mol. The summed E-state index contributed by atoms with van der Waals surface area (Å²) in [6.07, 6.45) is 4.34. The molecule has 1 saturated carbocycles. The Kier molecular flexibility index (Phi) is 4.21. The van der Waals surface area contributed by atoms with E-state index in [2.05, 4.69) is 51.7 Å². The molecule has 0 bridgehead atoms. The summed E-state index contributed by atoms with van der Waals surface area (Å²) in [5.41, 5.74) is 4.62. The van der Waals surface area contributed by atoms with Crippen LogP contribution in [0.5, 0.6) is 0 Å². The average Bonchev–Trinajstić information content (AvgIpc) is 3.40. The van der Waals surface area contributed by atoms with E-state index in [0.717, 1.165) is 17.8 Å². The maximum Gasteiger partial charge on any atom is 0.129 e. The quantitative estimate of drug-likeness (QED) is 0.677. The molecule has 1 aliphatic rings. The van der Waals surface area contributed by atoms with Crippen LogP contribution in [0.25, 0.3) is 10.9 Å². The Balaban J connectivity index is 1.53. The van der Waals surface area contributed by atoms with Crippen LogP contribution in [0, 0.1) is 12.8 Å². The lowest BCUT2D eigenvalue weighted by molar-refractivity contribution is 0.480. The lowest BCUT2D eigenvalue weighted by Gasteiger charge is -2.19. The van der Waals surface area contributed by atoms with Gasteiger partial charge < -0.3 is 5.32 Å². The van der Waals surface area contributed by atoms with Crippen LogP contribution in [0.3, 0.4) is 0 Å². The maximum absolute atomic E-state index is 6.06. The Bertz CT molecular complexity index is 874. The number of benzene rings is 1. The van der Waals surface area contributed by atoms with Gasteiger partial charge in [-0.3, -0.25) is 4.98 Å². The minimum absolute atomic E-state index is 0.345. The van der Waals surface area contributed by atoms with Crippen molar-refractivity contribution in [3.63, 3.8) is 0 Å². The number of pyridine rings is 2. The number of hydrogen-bond acceptors (Lipinski definition) is 3. The summed E-state index contributed by atoms with van der Waals surface area (Å²) in [6, 6.07) is 15.1. The van der Waals surface area contributed by atoms with Crippen LogP contribution in [-0.2, 0) is 6.54 Å². The van der Waals surface area contributed by atoms with Crippen molar-refractivity contribution in [2.24, 2.45) is 5.92 Å². The van der Waals surface area contributed by atoms with Gasteiger partial charge in [0.1, 0.15) is 5.15 Å². The van der Waals surface area contributed by atoms with Crippen LogP contribution in [0.2, 0.25) is 5.15 Å². The van der Waals surface area contributed by atoms with Crippen LogP contribution < -0.4 is 5.32 Å². The summed E-state index contributed by atoms with van der Waals surface area (Å²) in [5, 5.41) is 5.46. The number of aromatic nitrogens is 2. The monoisotopic (exact) mass is 337 g/mol. The van der Waals surface area contributed by atoms with E-state index >= 15 is 0 Å². The molecule has 1 atom stereocenters. The molecule has 3 aromatic rings. The van der Waals surface area contributed by atoms with Crippen molar-refractivity contribution in [2.45, 2.75) is 32.4 Å². The molecule has 122 valence electrons. The largest absolute Gasteiger partial charge is 0.306 e. The van der Waals surface area contributed by atoms with Gasteiger partial charge >= 0.3 is 0 Å². The Morgan fingerprint density at radius 1 is 1.17 bits per heavy atom. The first-order valence-corrected chi connectivity index (χ1v) is 8.78. The molecule has 24 heavy (non-hydrogen) atoms. The predicted molar refractivity (Wildman–Crippen MR) is 98.0 cm³/mol. The molecule has 0 spiro atoms. The third-order valence-corrected chi connectivity index (χ3v) is 4.83. The first-order chi connectivity index (χ1) is 11.7. The van der Waals surface area contributed by atoms with Crippen molar-refractivity contribution < 1.29 is 0 Å². The lowest BCUT2D eigenvalue weighted by Crippen LogP contribution is -2.22. The Hall–Kier alpha value is -1.97. The van der Waals surface area contributed by atoms with E-state index in [1.165, 1.54) is 29.4 Å². The molecule has 0 radical (unpaired) electrons. The molecule has 2 aromatic heterocycles. The Labute approximate surface area is 147 Å². The van der Waals surface area contributed by atoms with E-state index in [1.807, 2.05) is 13.0 Å². The first kappa shape index (κ1) is 15.6. The zero-order valence-electron chi connectivity index (χ0n) is 13.7. The zero-order chi connectivity index (χ0) is 16.5. The summed E-state index contributed by atoms with van der Waals surface area (Å²) in [6.45, 7) is 2.86. The molecule has 0 amide bonds. The van der Waals surface area contributed by atoms with Crippen molar-refractivity contribution in [3.8, 4) is 0 Å². The van der Waals surface area contributed by atoms with E-state index in [4.69, 9.17) is 11.6 Å². The third-order valence-electron chi connectivity index (χ3n) is 4.62. The molecule has 0 aliphatic heterocycles. The maximum atomic E-state index is 6.06. The Morgan fingerprint density at radius 2 is 2.04 bits per heavy atom. The van der Waals surface area contributed by atoms with Crippen molar-refractivity contribution in [1.82, 2.24) is 15.3 Å².